The quantitative estimate of drug-likeness (QED) is 0.869. The lowest BCUT2D eigenvalue weighted by Gasteiger charge is -2.13. The number of halogens is 1. The zero-order valence-electron chi connectivity index (χ0n) is 10.7. The number of nitrogens with one attached hydrogen (secondary N) is 1. The van der Waals surface area contributed by atoms with Crippen LogP contribution in [0.1, 0.15) is 20.3 Å². The molecule has 0 saturated carbocycles. The number of methoxy groups -OCH3 is 1. The minimum absolute atomic E-state index is 0.155. The molecule has 1 N–H and O–H groups in total. The molecule has 1 unspecified atom stereocenters. The van der Waals surface area contributed by atoms with E-state index in [1.807, 2.05) is 13.8 Å². The Labute approximate surface area is 117 Å². The van der Waals surface area contributed by atoms with Gasteiger partial charge in [0.25, 0.3) is 0 Å². The first kappa shape index (κ1) is 15.5. The standard InChI is InChI=1S/C12H18BrNO3S/c1-4-9(2)8-14-18(15,16)12-7-10(13)5-6-11(12)17-3/h5-7,9,14H,4,8H2,1-3H3. The number of hydrogen-bond donors (Lipinski definition) is 1. The lowest BCUT2D eigenvalue weighted by atomic mass is 10.1. The van der Waals surface area contributed by atoms with Crippen LogP contribution in [0.15, 0.2) is 27.6 Å². The van der Waals surface area contributed by atoms with Crippen LogP contribution in [-0.2, 0) is 10.0 Å². The largest absolute Gasteiger partial charge is 0.495 e. The topological polar surface area (TPSA) is 55.4 Å². The van der Waals surface area contributed by atoms with Gasteiger partial charge in [-0.3, -0.25) is 0 Å². The van der Waals surface area contributed by atoms with E-state index in [0.29, 0.717) is 22.7 Å². The molecule has 0 saturated heterocycles. The van der Waals surface area contributed by atoms with E-state index < -0.39 is 10.0 Å². The van der Waals surface area contributed by atoms with Gasteiger partial charge in [-0.1, -0.05) is 36.2 Å². The van der Waals surface area contributed by atoms with Crippen molar-refractivity contribution in [2.45, 2.75) is 25.2 Å². The monoisotopic (exact) mass is 335 g/mol. The summed E-state index contributed by atoms with van der Waals surface area (Å²) in [6.45, 7) is 4.45. The molecule has 0 aliphatic heterocycles. The van der Waals surface area contributed by atoms with Crippen molar-refractivity contribution in [2.75, 3.05) is 13.7 Å². The van der Waals surface area contributed by atoms with Crippen LogP contribution in [0.3, 0.4) is 0 Å². The van der Waals surface area contributed by atoms with Gasteiger partial charge in [0.15, 0.2) is 0 Å². The van der Waals surface area contributed by atoms with E-state index in [1.54, 1.807) is 12.1 Å². The minimum Gasteiger partial charge on any atom is -0.495 e. The molecule has 4 nitrogen and oxygen atoms in total. The Balaban J connectivity index is 3.00. The van der Waals surface area contributed by atoms with Crippen LogP contribution in [0, 0.1) is 5.92 Å². The summed E-state index contributed by atoms with van der Waals surface area (Å²) in [5, 5.41) is 0. The Morgan fingerprint density at radius 1 is 1.44 bits per heavy atom. The minimum atomic E-state index is -3.54. The molecule has 0 amide bonds. The van der Waals surface area contributed by atoms with Crippen molar-refractivity contribution >= 4 is 26.0 Å². The van der Waals surface area contributed by atoms with Crippen molar-refractivity contribution < 1.29 is 13.2 Å². The average molecular weight is 336 g/mol. The second-order valence-corrected chi connectivity index (χ2v) is 6.81. The normalized spacial score (nSPS) is 13.3. The molecule has 0 fully saturated rings. The fraction of sp³-hybridized carbons (Fsp3) is 0.500. The maximum absolute atomic E-state index is 12.2. The van der Waals surface area contributed by atoms with E-state index in [2.05, 4.69) is 20.7 Å². The van der Waals surface area contributed by atoms with Crippen molar-refractivity contribution in [3.63, 3.8) is 0 Å². The van der Waals surface area contributed by atoms with Gasteiger partial charge in [-0.25, -0.2) is 13.1 Å². The number of benzene rings is 1. The first-order chi connectivity index (χ1) is 8.40. The predicted molar refractivity (Wildman–Crippen MR) is 75.3 cm³/mol. The summed E-state index contributed by atoms with van der Waals surface area (Å²) in [7, 11) is -2.08. The number of ether oxygens (including phenoxy) is 1. The molecule has 0 bridgehead atoms. The molecule has 0 radical (unpaired) electrons. The summed E-state index contributed by atoms with van der Waals surface area (Å²) in [6.07, 6.45) is 0.929. The van der Waals surface area contributed by atoms with Gasteiger partial charge in [0, 0.05) is 11.0 Å². The van der Waals surface area contributed by atoms with Crippen molar-refractivity contribution in [1.29, 1.82) is 0 Å². The second-order valence-electron chi connectivity index (χ2n) is 4.16. The lowest BCUT2D eigenvalue weighted by Crippen LogP contribution is -2.28. The van der Waals surface area contributed by atoms with Crippen LogP contribution in [0.2, 0.25) is 0 Å². The number of rotatable bonds is 6. The Hall–Kier alpha value is -0.590. The van der Waals surface area contributed by atoms with E-state index in [0.717, 1.165) is 6.42 Å². The smallest absolute Gasteiger partial charge is 0.244 e. The molecule has 6 heteroatoms. The van der Waals surface area contributed by atoms with Crippen LogP contribution >= 0.6 is 15.9 Å². The van der Waals surface area contributed by atoms with Crippen molar-refractivity contribution in [2.24, 2.45) is 5.92 Å². The highest BCUT2D eigenvalue weighted by Crippen LogP contribution is 2.27. The molecule has 18 heavy (non-hydrogen) atoms. The molecule has 0 aliphatic rings. The van der Waals surface area contributed by atoms with Gasteiger partial charge in [-0.2, -0.15) is 0 Å². The third-order valence-corrected chi connectivity index (χ3v) is 4.67. The molecule has 1 aromatic carbocycles. The molecule has 0 aliphatic carbocycles. The maximum atomic E-state index is 12.2. The highest BCUT2D eigenvalue weighted by Gasteiger charge is 2.20. The predicted octanol–water partition coefficient (Wildman–Crippen LogP) is 2.78. The number of sulfonamides is 1. The first-order valence-electron chi connectivity index (χ1n) is 5.74. The highest BCUT2D eigenvalue weighted by atomic mass is 79.9. The van der Waals surface area contributed by atoms with Crippen LogP contribution in [0.5, 0.6) is 5.75 Å². The molecular weight excluding hydrogens is 318 g/mol. The van der Waals surface area contributed by atoms with Gasteiger partial charge in [0.05, 0.1) is 7.11 Å². The fourth-order valence-electron chi connectivity index (χ4n) is 1.33. The summed E-state index contributed by atoms with van der Waals surface area (Å²) in [4.78, 5) is 0.155. The summed E-state index contributed by atoms with van der Waals surface area (Å²) >= 11 is 3.26. The van der Waals surface area contributed by atoms with Gasteiger partial charge >= 0.3 is 0 Å². The summed E-state index contributed by atoms with van der Waals surface area (Å²) < 4.78 is 32.7. The summed E-state index contributed by atoms with van der Waals surface area (Å²) in [5.74, 6) is 0.646. The van der Waals surface area contributed by atoms with Crippen LogP contribution in [0.25, 0.3) is 0 Å². The van der Waals surface area contributed by atoms with Gasteiger partial charge in [-0.15, -0.1) is 0 Å². The van der Waals surface area contributed by atoms with E-state index in [9.17, 15) is 8.42 Å². The SMILES string of the molecule is CCC(C)CNS(=O)(=O)c1cc(Br)ccc1OC. The molecular formula is C12H18BrNO3S. The molecule has 1 atom stereocenters. The average Bonchev–Trinajstić information content (AvgIpc) is 2.36. The zero-order valence-corrected chi connectivity index (χ0v) is 13.1. The number of hydrogen-bond acceptors (Lipinski definition) is 3. The second kappa shape index (κ2) is 6.54. The summed E-state index contributed by atoms with van der Waals surface area (Å²) in [6, 6.07) is 4.91. The maximum Gasteiger partial charge on any atom is 0.244 e. The van der Waals surface area contributed by atoms with Gasteiger partial charge in [0.1, 0.15) is 10.6 Å². The fourth-order valence-corrected chi connectivity index (χ4v) is 3.21. The molecule has 1 rings (SSSR count). The van der Waals surface area contributed by atoms with E-state index >= 15 is 0 Å². The van der Waals surface area contributed by atoms with Crippen LogP contribution < -0.4 is 9.46 Å². The highest BCUT2D eigenvalue weighted by molar-refractivity contribution is 9.10. The summed E-state index contributed by atoms with van der Waals surface area (Å²) in [5.41, 5.74) is 0. The van der Waals surface area contributed by atoms with Crippen LogP contribution in [-0.4, -0.2) is 22.1 Å². The van der Waals surface area contributed by atoms with Gasteiger partial charge in [0.2, 0.25) is 10.0 Å². The Morgan fingerprint density at radius 3 is 2.67 bits per heavy atom. The lowest BCUT2D eigenvalue weighted by molar-refractivity contribution is 0.402. The van der Waals surface area contributed by atoms with Gasteiger partial charge in [-0.05, 0) is 24.1 Å². The zero-order chi connectivity index (χ0) is 13.8. The molecule has 0 heterocycles. The first-order valence-corrected chi connectivity index (χ1v) is 8.01. The Kier molecular flexibility index (Phi) is 5.62. The van der Waals surface area contributed by atoms with E-state index in [4.69, 9.17) is 4.74 Å². The third-order valence-electron chi connectivity index (χ3n) is 2.73. The van der Waals surface area contributed by atoms with Crippen molar-refractivity contribution in [1.82, 2.24) is 4.72 Å². The molecule has 0 aromatic heterocycles. The Morgan fingerprint density at radius 2 is 2.11 bits per heavy atom. The molecule has 102 valence electrons. The van der Waals surface area contributed by atoms with Crippen molar-refractivity contribution in [3.05, 3.63) is 22.7 Å². The molecule has 1 aromatic rings. The van der Waals surface area contributed by atoms with Crippen LogP contribution in [0.4, 0.5) is 0 Å². The molecule has 0 spiro atoms. The van der Waals surface area contributed by atoms with Gasteiger partial charge < -0.3 is 4.74 Å². The van der Waals surface area contributed by atoms with E-state index in [-0.39, 0.29) is 4.90 Å². The van der Waals surface area contributed by atoms with E-state index in [1.165, 1.54) is 13.2 Å². The van der Waals surface area contributed by atoms with Crippen molar-refractivity contribution in [3.8, 4) is 5.75 Å². The third kappa shape index (κ3) is 3.96. The Bertz CT molecular complexity index is 502.